The maximum absolute atomic E-state index is 13.6. The van der Waals surface area contributed by atoms with Gasteiger partial charge in [0.2, 0.25) is 17.7 Å². The predicted octanol–water partition coefficient (Wildman–Crippen LogP) is 1.53. The summed E-state index contributed by atoms with van der Waals surface area (Å²) in [4.78, 5) is 41.8. The summed E-state index contributed by atoms with van der Waals surface area (Å²) in [6.07, 6.45) is 4.98. The van der Waals surface area contributed by atoms with Gasteiger partial charge in [0.15, 0.2) is 0 Å². The van der Waals surface area contributed by atoms with Crippen molar-refractivity contribution in [1.82, 2.24) is 15.5 Å². The smallest absolute Gasteiger partial charge is 0.246 e. The zero-order valence-electron chi connectivity index (χ0n) is 18.1. The van der Waals surface area contributed by atoms with E-state index in [-0.39, 0.29) is 23.8 Å². The van der Waals surface area contributed by atoms with Crippen molar-refractivity contribution >= 4 is 17.7 Å². The fraction of sp³-hybridized carbons (Fsp3) is 0.542. The minimum atomic E-state index is -1.07. The monoisotopic (exact) mass is 423 g/mol. The van der Waals surface area contributed by atoms with Crippen molar-refractivity contribution in [1.29, 1.82) is 0 Å². The summed E-state index contributed by atoms with van der Waals surface area (Å²) in [6.45, 7) is 6.14. The lowest BCUT2D eigenvalue weighted by Gasteiger charge is -2.34. The average Bonchev–Trinajstić information content (AvgIpc) is 3.31. The molecular formula is C24H29N3O4. The standard InChI is InChI=1S/C24H29N3O4/c1-23(2,3)26-21(29)19-24-12-11-16(31-24)17(18(24)22(30)27(19)15-9-10-15)20(28)25-13-14-7-5-4-6-8-14/h4-8,11-12,15-19H,9-10,13H2,1-3H3,(H,25,28)(H,26,29)/t16-,17+,18+,19-,24+/m0/s1. The number of rotatable bonds is 5. The Labute approximate surface area is 182 Å². The summed E-state index contributed by atoms with van der Waals surface area (Å²) in [5.41, 5.74) is -0.518. The molecule has 164 valence electrons. The van der Waals surface area contributed by atoms with Gasteiger partial charge in [-0.05, 0) is 39.2 Å². The molecule has 3 heterocycles. The molecule has 4 aliphatic rings. The number of hydrogen-bond donors (Lipinski definition) is 2. The molecule has 5 rings (SSSR count). The Morgan fingerprint density at radius 2 is 1.87 bits per heavy atom. The van der Waals surface area contributed by atoms with E-state index >= 15 is 0 Å². The van der Waals surface area contributed by atoms with Crippen molar-refractivity contribution in [2.24, 2.45) is 11.8 Å². The van der Waals surface area contributed by atoms with Crippen LogP contribution in [0.3, 0.4) is 0 Å². The molecule has 2 bridgehead atoms. The summed E-state index contributed by atoms with van der Waals surface area (Å²) >= 11 is 0. The van der Waals surface area contributed by atoms with Crippen LogP contribution in [-0.2, 0) is 25.7 Å². The van der Waals surface area contributed by atoms with Gasteiger partial charge in [-0.2, -0.15) is 0 Å². The van der Waals surface area contributed by atoms with Gasteiger partial charge in [-0.25, -0.2) is 0 Å². The first kappa shape index (κ1) is 20.2. The molecule has 3 aliphatic heterocycles. The molecule has 1 aromatic carbocycles. The van der Waals surface area contributed by atoms with Crippen molar-refractivity contribution in [2.75, 3.05) is 0 Å². The fourth-order valence-corrected chi connectivity index (χ4v) is 5.29. The second-order valence-electron chi connectivity index (χ2n) is 10.1. The quantitative estimate of drug-likeness (QED) is 0.703. The maximum Gasteiger partial charge on any atom is 0.246 e. The van der Waals surface area contributed by atoms with Crippen molar-refractivity contribution in [3.8, 4) is 0 Å². The number of nitrogens with one attached hydrogen (secondary N) is 2. The third-order valence-electron chi connectivity index (χ3n) is 6.61. The number of benzene rings is 1. The second kappa shape index (κ2) is 6.92. The number of carbonyl (C=O) groups is 3. The predicted molar refractivity (Wildman–Crippen MR) is 114 cm³/mol. The van der Waals surface area contributed by atoms with Crippen LogP contribution in [0.1, 0.15) is 39.2 Å². The van der Waals surface area contributed by atoms with Crippen molar-refractivity contribution in [3.05, 3.63) is 48.0 Å². The Morgan fingerprint density at radius 3 is 2.52 bits per heavy atom. The number of amides is 3. The van der Waals surface area contributed by atoms with Crippen molar-refractivity contribution < 1.29 is 19.1 Å². The molecular weight excluding hydrogens is 394 g/mol. The van der Waals surface area contributed by atoms with Crippen LogP contribution < -0.4 is 10.6 Å². The zero-order chi connectivity index (χ0) is 22.0. The summed E-state index contributed by atoms with van der Waals surface area (Å²) in [6, 6.07) is 8.97. The van der Waals surface area contributed by atoms with Gasteiger partial charge in [0.25, 0.3) is 0 Å². The summed E-state index contributed by atoms with van der Waals surface area (Å²) in [5, 5.41) is 6.00. The molecule has 0 aromatic heterocycles. The highest BCUT2D eigenvalue weighted by molar-refractivity contribution is 6.00. The van der Waals surface area contributed by atoms with Gasteiger partial charge in [-0.3, -0.25) is 14.4 Å². The maximum atomic E-state index is 13.6. The highest BCUT2D eigenvalue weighted by atomic mass is 16.5. The Bertz CT molecular complexity index is 949. The first-order valence-corrected chi connectivity index (χ1v) is 11.0. The molecule has 7 heteroatoms. The Hall–Kier alpha value is -2.67. The van der Waals surface area contributed by atoms with Crippen LogP contribution in [-0.4, -0.2) is 51.9 Å². The van der Waals surface area contributed by atoms with Gasteiger partial charge >= 0.3 is 0 Å². The van der Waals surface area contributed by atoms with E-state index < -0.39 is 35.1 Å². The van der Waals surface area contributed by atoms with Crippen LogP contribution in [0.15, 0.2) is 42.5 Å². The second-order valence-corrected chi connectivity index (χ2v) is 10.1. The minimum Gasteiger partial charge on any atom is -0.359 e. The number of fused-ring (bicyclic) bond motifs is 1. The van der Waals surface area contributed by atoms with E-state index in [9.17, 15) is 14.4 Å². The van der Waals surface area contributed by atoms with Gasteiger partial charge in [-0.15, -0.1) is 0 Å². The molecule has 1 aliphatic carbocycles. The number of likely N-dealkylation sites (tertiary alicyclic amines) is 1. The van der Waals surface area contributed by atoms with Crippen LogP contribution in [0.25, 0.3) is 0 Å². The zero-order valence-corrected chi connectivity index (χ0v) is 18.1. The first-order chi connectivity index (χ1) is 14.7. The van der Waals surface area contributed by atoms with Gasteiger partial charge in [-0.1, -0.05) is 42.5 Å². The molecule has 0 radical (unpaired) electrons. The van der Waals surface area contributed by atoms with Crippen LogP contribution in [0.4, 0.5) is 0 Å². The molecule has 3 amide bonds. The van der Waals surface area contributed by atoms with Crippen LogP contribution in [0.2, 0.25) is 0 Å². The van der Waals surface area contributed by atoms with Crippen LogP contribution in [0.5, 0.6) is 0 Å². The summed E-state index contributed by atoms with van der Waals surface area (Å²) in [5.74, 6) is -1.86. The molecule has 2 N–H and O–H groups in total. The first-order valence-electron chi connectivity index (χ1n) is 11.0. The van der Waals surface area contributed by atoms with Crippen molar-refractivity contribution in [2.45, 2.75) is 69.5 Å². The number of hydrogen-bond acceptors (Lipinski definition) is 4. The average molecular weight is 424 g/mol. The van der Waals surface area contributed by atoms with E-state index in [1.54, 1.807) is 4.90 Å². The topological polar surface area (TPSA) is 87.7 Å². The normalized spacial score (nSPS) is 33.5. The van der Waals surface area contributed by atoms with E-state index in [1.165, 1.54) is 0 Å². The lowest BCUT2D eigenvalue weighted by atomic mass is 9.74. The van der Waals surface area contributed by atoms with E-state index in [4.69, 9.17) is 4.74 Å². The van der Waals surface area contributed by atoms with Crippen LogP contribution in [0, 0.1) is 11.8 Å². The lowest BCUT2D eigenvalue weighted by molar-refractivity contribution is -0.143. The minimum absolute atomic E-state index is 0.0484. The summed E-state index contributed by atoms with van der Waals surface area (Å²) < 4.78 is 6.30. The molecule has 5 atom stereocenters. The number of nitrogens with zero attached hydrogens (tertiary/aromatic N) is 1. The fourth-order valence-electron chi connectivity index (χ4n) is 5.29. The Kier molecular flexibility index (Phi) is 4.52. The molecule has 0 unspecified atom stereocenters. The molecule has 7 nitrogen and oxygen atoms in total. The van der Waals surface area contributed by atoms with Crippen molar-refractivity contribution in [3.63, 3.8) is 0 Å². The van der Waals surface area contributed by atoms with Gasteiger partial charge in [0, 0.05) is 18.1 Å². The van der Waals surface area contributed by atoms with Crippen LogP contribution >= 0.6 is 0 Å². The highest BCUT2D eigenvalue weighted by Gasteiger charge is 2.74. The Balaban J connectivity index is 1.43. The third-order valence-corrected chi connectivity index (χ3v) is 6.61. The van der Waals surface area contributed by atoms with Gasteiger partial charge < -0.3 is 20.3 Å². The lowest BCUT2D eigenvalue weighted by Crippen LogP contribution is -2.58. The van der Waals surface area contributed by atoms with E-state index in [2.05, 4.69) is 10.6 Å². The van der Waals surface area contributed by atoms with E-state index in [1.807, 2.05) is 63.3 Å². The number of ether oxygens (including phenoxy) is 1. The molecule has 1 spiro atoms. The van der Waals surface area contributed by atoms with Gasteiger partial charge in [0.1, 0.15) is 11.6 Å². The molecule has 1 aromatic rings. The molecule has 2 saturated heterocycles. The largest absolute Gasteiger partial charge is 0.359 e. The third kappa shape index (κ3) is 3.26. The number of carbonyl (C=O) groups excluding carboxylic acids is 3. The molecule has 1 saturated carbocycles. The summed E-state index contributed by atoms with van der Waals surface area (Å²) in [7, 11) is 0. The molecule has 31 heavy (non-hydrogen) atoms. The van der Waals surface area contributed by atoms with E-state index in [0.717, 1.165) is 18.4 Å². The van der Waals surface area contributed by atoms with E-state index in [0.29, 0.717) is 6.54 Å². The molecule has 3 fully saturated rings. The Morgan fingerprint density at radius 1 is 1.16 bits per heavy atom. The van der Waals surface area contributed by atoms with Gasteiger partial charge in [0.05, 0.1) is 17.9 Å². The SMILES string of the molecule is CC(C)(C)NC(=O)[C@@H]1N(C2CC2)C(=O)[C@H]2[C@H](C(=O)NCc3ccccc3)[C@@H]3C=C[C@]12O3. The highest BCUT2D eigenvalue weighted by Crippen LogP contribution is 2.57.